The van der Waals surface area contributed by atoms with Crippen LogP contribution in [0.2, 0.25) is 0 Å². The molecule has 5 heteroatoms. The number of aliphatic hydroxyl groups is 1. The van der Waals surface area contributed by atoms with Crippen molar-refractivity contribution in [1.29, 1.82) is 0 Å². The molecule has 0 amide bonds. The van der Waals surface area contributed by atoms with Gasteiger partial charge in [0, 0.05) is 11.8 Å². The van der Waals surface area contributed by atoms with Crippen LogP contribution in [0.3, 0.4) is 0 Å². The van der Waals surface area contributed by atoms with Gasteiger partial charge in [-0.2, -0.15) is 5.10 Å². The van der Waals surface area contributed by atoms with Gasteiger partial charge in [-0.1, -0.05) is 24.3 Å². The second-order valence-electron chi connectivity index (χ2n) is 5.92. The molecule has 130 valence electrons. The molecule has 3 rings (SSSR count). The Bertz CT molecular complexity index is 856. The fourth-order valence-corrected chi connectivity index (χ4v) is 2.76. The summed E-state index contributed by atoms with van der Waals surface area (Å²) in [5.74, 6) is 1.41. The average molecular weight is 338 g/mol. The Balaban J connectivity index is 1.93. The summed E-state index contributed by atoms with van der Waals surface area (Å²) in [5, 5.41) is 14.0. The molecule has 1 atom stereocenters. The zero-order chi connectivity index (χ0) is 17.8. The van der Waals surface area contributed by atoms with Gasteiger partial charge in [0.1, 0.15) is 0 Å². The number of hydrogen-bond donors (Lipinski definition) is 1. The third-order valence-corrected chi connectivity index (χ3v) is 3.97. The highest BCUT2D eigenvalue weighted by atomic mass is 16.5. The summed E-state index contributed by atoms with van der Waals surface area (Å²) in [6.45, 7) is 2.23. The van der Waals surface area contributed by atoms with E-state index in [1.54, 1.807) is 25.8 Å². The molecule has 0 radical (unpaired) electrons. The van der Waals surface area contributed by atoms with E-state index < -0.39 is 6.10 Å². The Hall–Kier alpha value is -2.79. The quantitative estimate of drug-likeness (QED) is 0.746. The van der Waals surface area contributed by atoms with Crippen LogP contribution in [0.15, 0.2) is 54.7 Å². The van der Waals surface area contributed by atoms with Crippen molar-refractivity contribution >= 4 is 0 Å². The van der Waals surface area contributed by atoms with Gasteiger partial charge in [-0.15, -0.1) is 0 Å². The van der Waals surface area contributed by atoms with Crippen LogP contribution in [0, 0.1) is 0 Å². The van der Waals surface area contributed by atoms with Crippen LogP contribution in [-0.2, 0) is 6.54 Å². The maximum absolute atomic E-state index is 9.49. The van der Waals surface area contributed by atoms with Crippen LogP contribution in [-0.4, -0.2) is 35.2 Å². The highest BCUT2D eigenvalue weighted by molar-refractivity contribution is 5.73. The fraction of sp³-hybridized carbons (Fsp3) is 0.250. The maximum Gasteiger partial charge on any atom is 0.161 e. The smallest absolute Gasteiger partial charge is 0.161 e. The molecule has 0 aliphatic heterocycles. The molecular weight excluding hydrogens is 316 g/mol. The maximum atomic E-state index is 9.49. The van der Waals surface area contributed by atoms with Gasteiger partial charge in [-0.25, -0.2) is 0 Å². The minimum Gasteiger partial charge on any atom is -0.493 e. The standard InChI is InChI=1S/C20H22N2O3/c1-14(23)13-22-10-9-18(21-22)17-6-4-5-15(11-17)16-7-8-19(24-2)20(12-16)25-3/h4-12,14,23H,13H2,1-3H3/t14-/m0/s1. The first-order valence-electron chi connectivity index (χ1n) is 8.15. The van der Waals surface area contributed by atoms with Crippen molar-refractivity contribution in [2.45, 2.75) is 19.6 Å². The molecule has 0 saturated heterocycles. The first-order chi connectivity index (χ1) is 12.1. The van der Waals surface area contributed by atoms with Crippen LogP contribution in [0.25, 0.3) is 22.4 Å². The van der Waals surface area contributed by atoms with Crippen molar-refractivity contribution in [2.75, 3.05) is 14.2 Å². The number of aliphatic hydroxyl groups excluding tert-OH is 1. The number of benzene rings is 2. The highest BCUT2D eigenvalue weighted by Crippen LogP contribution is 2.33. The van der Waals surface area contributed by atoms with E-state index in [4.69, 9.17) is 9.47 Å². The lowest BCUT2D eigenvalue weighted by Gasteiger charge is -2.10. The van der Waals surface area contributed by atoms with Crippen LogP contribution in [0.1, 0.15) is 6.92 Å². The first kappa shape index (κ1) is 17.0. The van der Waals surface area contributed by atoms with E-state index in [-0.39, 0.29) is 0 Å². The topological polar surface area (TPSA) is 56.5 Å². The molecule has 2 aromatic carbocycles. The molecule has 1 heterocycles. The molecule has 0 fully saturated rings. The lowest BCUT2D eigenvalue weighted by atomic mass is 10.0. The van der Waals surface area contributed by atoms with Gasteiger partial charge in [0.25, 0.3) is 0 Å². The number of hydrogen-bond acceptors (Lipinski definition) is 4. The molecule has 0 bridgehead atoms. The monoisotopic (exact) mass is 338 g/mol. The zero-order valence-electron chi connectivity index (χ0n) is 14.6. The molecular formula is C20H22N2O3. The molecule has 0 spiro atoms. The number of aromatic nitrogens is 2. The van der Waals surface area contributed by atoms with Gasteiger partial charge in [0.05, 0.1) is 32.6 Å². The van der Waals surface area contributed by atoms with Crippen molar-refractivity contribution in [3.63, 3.8) is 0 Å². The number of nitrogens with zero attached hydrogens (tertiary/aromatic N) is 2. The van der Waals surface area contributed by atoms with Crippen LogP contribution in [0.4, 0.5) is 0 Å². The summed E-state index contributed by atoms with van der Waals surface area (Å²) >= 11 is 0. The van der Waals surface area contributed by atoms with E-state index in [0.29, 0.717) is 18.0 Å². The van der Waals surface area contributed by atoms with Crippen molar-refractivity contribution < 1.29 is 14.6 Å². The normalized spacial score (nSPS) is 12.0. The van der Waals surface area contributed by atoms with Gasteiger partial charge in [0.2, 0.25) is 0 Å². The zero-order valence-corrected chi connectivity index (χ0v) is 14.6. The Morgan fingerprint density at radius 1 is 0.960 bits per heavy atom. The second kappa shape index (κ2) is 7.40. The molecule has 0 saturated carbocycles. The van der Waals surface area contributed by atoms with Crippen molar-refractivity contribution in [2.24, 2.45) is 0 Å². The molecule has 1 N–H and O–H groups in total. The minimum absolute atomic E-state index is 0.425. The van der Waals surface area contributed by atoms with Crippen LogP contribution < -0.4 is 9.47 Å². The Morgan fingerprint density at radius 3 is 2.40 bits per heavy atom. The van der Waals surface area contributed by atoms with Gasteiger partial charge in [0.15, 0.2) is 11.5 Å². The Kier molecular flexibility index (Phi) is 5.05. The summed E-state index contributed by atoms with van der Waals surface area (Å²) in [6.07, 6.45) is 1.45. The number of ether oxygens (including phenoxy) is 2. The molecule has 1 aromatic heterocycles. The van der Waals surface area contributed by atoms with E-state index in [1.165, 1.54) is 0 Å². The largest absolute Gasteiger partial charge is 0.493 e. The first-order valence-corrected chi connectivity index (χ1v) is 8.15. The SMILES string of the molecule is COc1ccc(-c2cccc(-c3ccn(C[C@H](C)O)n3)c2)cc1OC. The predicted molar refractivity (Wildman–Crippen MR) is 97.9 cm³/mol. The van der Waals surface area contributed by atoms with Gasteiger partial charge in [-0.3, -0.25) is 4.68 Å². The summed E-state index contributed by atoms with van der Waals surface area (Å²) in [6, 6.07) is 16.0. The summed E-state index contributed by atoms with van der Waals surface area (Å²) in [5.41, 5.74) is 4.02. The predicted octanol–water partition coefficient (Wildman–Crippen LogP) is 3.62. The van der Waals surface area contributed by atoms with Gasteiger partial charge in [-0.05, 0) is 42.3 Å². The molecule has 5 nitrogen and oxygen atoms in total. The number of methoxy groups -OCH3 is 2. The van der Waals surface area contributed by atoms with Crippen molar-refractivity contribution in [1.82, 2.24) is 9.78 Å². The summed E-state index contributed by atoms with van der Waals surface area (Å²) < 4.78 is 12.4. The average Bonchev–Trinajstić information content (AvgIpc) is 3.09. The Morgan fingerprint density at radius 2 is 1.68 bits per heavy atom. The van der Waals surface area contributed by atoms with E-state index in [9.17, 15) is 5.11 Å². The summed E-state index contributed by atoms with van der Waals surface area (Å²) in [4.78, 5) is 0. The third-order valence-electron chi connectivity index (χ3n) is 3.97. The minimum atomic E-state index is -0.425. The molecule has 0 aliphatic rings. The third kappa shape index (κ3) is 3.83. The van der Waals surface area contributed by atoms with E-state index >= 15 is 0 Å². The highest BCUT2D eigenvalue weighted by Gasteiger charge is 2.09. The fourth-order valence-electron chi connectivity index (χ4n) is 2.76. The molecule has 3 aromatic rings. The lowest BCUT2D eigenvalue weighted by Crippen LogP contribution is -2.11. The molecule has 0 unspecified atom stereocenters. The van der Waals surface area contributed by atoms with Crippen molar-refractivity contribution in [3.05, 3.63) is 54.7 Å². The molecule has 0 aliphatic carbocycles. The number of rotatable bonds is 6. The van der Waals surface area contributed by atoms with E-state index in [0.717, 1.165) is 22.4 Å². The lowest BCUT2D eigenvalue weighted by molar-refractivity contribution is 0.168. The van der Waals surface area contributed by atoms with Gasteiger partial charge >= 0.3 is 0 Å². The van der Waals surface area contributed by atoms with Crippen LogP contribution in [0.5, 0.6) is 11.5 Å². The Labute approximate surface area is 147 Å². The second-order valence-corrected chi connectivity index (χ2v) is 5.92. The van der Waals surface area contributed by atoms with Crippen LogP contribution >= 0.6 is 0 Å². The van der Waals surface area contributed by atoms with Crippen molar-refractivity contribution in [3.8, 4) is 33.9 Å². The molecule has 25 heavy (non-hydrogen) atoms. The summed E-state index contributed by atoms with van der Waals surface area (Å²) in [7, 11) is 3.26. The van der Waals surface area contributed by atoms with Gasteiger partial charge < -0.3 is 14.6 Å². The van der Waals surface area contributed by atoms with E-state index in [1.807, 2.05) is 42.6 Å². The van der Waals surface area contributed by atoms with E-state index in [2.05, 4.69) is 17.2 Å².